The van der Waals surface area contributed by atoms with Crippen molar-refractivity contribution in [2.24, 2.45) is 7.05 Å². The second kappa shape index (κ2) is 6.77. The molecule has 0 bridgehead atoms. The summed E-state index contributed by atoms with van der Waals surface area (Å²) in [6.07, 6.45) is 1.44. The van der Waals surface area contributed by atoms with Gasteiger partial charge in [0.05, 0.1) is 24.9 Å². The Kier molecular flexibility index (Phi) is 4.98. The molecule has 0 aliphatic heterocycles. The van der Waals surface area contributed by atoms with Gasteiger partial charge < -0.3 is 19.4 Å². The molecule has 0 aliphatic rings. The van der Waals surface area contributed by atoms with Gasteiger partial charge in [0.15, 0.2) is 0 Å². The van der Waals surface area contributed by atoms with Crippen molar-refractivity contribution in [1.82, 2.24) is 4.57 Å². The Labute approximate surface area is 136 Å². The third kappa shape index (κ3) is 3.33. The first-order valence-corrected chi connectivity index (χ1v) is 7.64. The minimum atomic E-state index is -0.357. The standard InChI is InChI=1S/C18H24N2O3/c1-7-23-18(21)8-11(2)19-15-9-14-12(3)13(4)20(5)16(14)10-17(15)22-6/h8-10,19H,7H2,1-6H3. The fraction of sp³-hybridized carbons (Fsp3) is 0.389. The first kappa shape index (κ1) is 16.9. The third-order valence-electron chi connectivity index (χ3n) is 4.08. The molecular weight excluding hydrogens is 292 g/mol. The number of anilines is 1. The van der Waals surface area contributed by atoms with Crippen molar-refractivity contribution in [3.05, 3.63) is 35.2 Å². The van der Waals surface area contributed by atoms with E-state index in [4.69, 9.17) is 9.47 Å². The fourth-order valence-electron chi connectivity index (χ4n) is 2.65. The van der Waals surface area contributed by atoms with Crippen LogP contribution in [0.2, 0.25) is 0 Å². The molecule has 1 heterocycles. The first-order valence-electron chi connectivity index (χ1n) is 7.64. The van der Waals surface area contributed by atoms with Crippen LogP contribution in [0, 0.1) is 13.8 Å². The van der Waals surface area contributed by atoms with E-state index in [1.807, 2.05) is 20.0 Å². The number of nitrogens with one attached hydrogen (secondary N) is 1. The zero-order chi connectivity index (χ0) is 17.1. The molecule has 0 spiro atoms. The molecule has 5 nitrogen and oxygen atoms in total. The molecule has 1 N–H and O–H groups in total. The van der Waals surface area contributed by atoms with Crippen molar-refractivity contribution >= 4 is 22.6 Å². The molecule has 0 unspecified atom stereocenters. The summed E-state index contributed by atoms with van der Waals surface area (Å²) >= 11 is 0. The summed E-state index contributed by atoms with van der Waals surface area (Å²) in [5.74, 6) is 0.374. The number of carbonyl (C=O) groups is 1. The van der Waals surface area contributed by atoms with Crippen LogP contribution < -0.4 is 10.1 Å². The zero-order valence-electron chi connectivity index (χ0n) is 14.6. The fourth-order valence-corrected chi connectivity index (χ4v) is 2.65. The van der Waals surface area contributed by atoms with E-state index in [1.54, 1.807) is 14.0 Å². The maximum atomic E-state index is 11.5. The SMILES string of the molecule is CCOC(=O)C=C(C)Nc1cc2c(C)c(C)n(C)c2cc1OC. The van der Waals surface area contributed by atoms with Gasteiger partial charge in [-0.25, -0.2) is 4.79 Å². The molecule has 0 radical (unpaired) electrons. The number of hydrogen-bond donors (Lipinski definition) is 1. The molecule has 124 valence electrons. The van der Waals surface area contributed by atoms with Gasteiger partial charge in [-0.05, 0) is 39.3 Å². The third-order valence-corrected chi connectivity index (χ3v) is 4.08. The van der Waals surface area contributed by atoms with E-state index in [0.29, 0.717) is 12.3 Å². The minimum absolute atomic E-state index is 0.357. The minimum Gasteiger partial charge on any atom is -0.494 e. The van der Waals surface area contributed by atoms with Crippen LogP contribution in [0.25, 0.3) is 10.9 Å². The molecule has 2 aromatic rings. The van der Waals surface area contributed by atoms with Gasteiger partial charge in [0, 0.05) is 36.0 Å². The zero-order valence-corrected chi connectivity index (χ0v) is 14.6. The number of aromatic nitrogens is 1. The molecule has 0 saturated heterocycles. The number of allylic oxidation sites excluding steroid dienone is 1. The van der Waals surface area contributed by atoms with E-state index in [9.17, 15) is 4.79 Å². The molecule has 23 heavy (non-hydrogen) atoms. The summed E-state index contributed by atoms with van der Waals surface area (Å²) in [5, 5.41) is 4.39. The number of carbonyl (C=O) groups excluding carboxylic acids is 1. The number of hydrogen-bond acceptors (Lipinski definition) is 4. The summed E-state index contributed by atoms with van der Waals surface area (Å²) < 4.78 is 12.6. The van der Waals surface area contributed by atoms with Crippen LogP contribution in [0.3, 0.4) is 0 Å². The lowest BCUT2D eigenvalue weighted by Gasteiger charge is -2.12. The largest absolute Gasteiger partial charge is 0.494 e. The predicted octanol–water partition coefficient (Wildman–Crippen LogP) is 3.68. The van der Waals surface area contributed by atoms with Crippen LogP contribution in [0.15, 0.2) is 23.9 Å². The van der Waals surface area contributed by atoms with Gasteiger partial charge in [0.1, 0.15) is 5.75 Å². The topological polar surface area (TPSA) is 52.5 Å². The van der Waals surface area contributed by atoms with Gasteiger partial charge in [-0.3, -0.25) is 0 Å². The number of nitrogens with zero attached hydrogens (tertiary/aromatic N) is 1. The van der Waals surface area contributed by atoms with Crippen molar-refractivity contribution < 1.29 is 14.3 Å². The van der Waals surface area contributed by atoms with Gasteiger partial charge >= 0.3 is 5.97 Å². The van der Waals surface area contributed by atoms with Crippen LogP contribution in [0.4, 0.5) is 5.69 Å². The van der Waals surface area contributed by atoms with Gasteiger partial charge in [-0.15, -0.1) is 0 Å². The average Bonchev–Trinajstić information content (AvgIpc) is 2.71. The van der Waals surface area contributed by atoms with Crippen LogP contribution in [0.1, 0.15) is 25.1 Å². The highest BCUT2D eigenvalue weighted by atomic mass is 16.5. The molecule has 0 aliphatic carbocycles. The van der Waals surface area contributed by atoms with Crippen LogP contribution >= 0.6 is 0 Å². The molecule has 0 saturated carbocycles. The van der Waals surface area contributed by atoms with Gasteiger partial charge in [-0.1, -0.05) is 0 Å². The Morgan fingerprint density at radius 3 is 2.65 bits per heavy atom. The van der Waals surface area contributed by atoms with Crippen molar-refractivity contribution in [3.8, 4) is 5.75 Å². The average molecular weight is 316 g/mol. The lowest BCUT2D eigenvalue weighted by atomic mass is 10.1. The molecule has 5 heteroatoms. The van der Waals surface area contributed by atoms with E-state index < -0.39 is 0 Å². The van der Waals surface area contributed by atoms with E-state index >= 15 is 0 Å². The lowest BCUT2D eigenvalue weighted by Crippen LogP contribution is -2.05. The Hall–Kier alpha value is -2.43. The summed E-state index contributed by atoms with van der Waals surface area (Å²) in [6, 6.07) is 4.06. The highest BCUT2D eigenvalue weighted by Crippen LogP contribution is 2.34. The monoisotopic (exact) mass is 316 g/mol. The molecule has 0 atom stereocenters. The summed E-state index contributed by atoms with van der Waals surface area (Å²) in [6.45, 7) is 8.17. The number of methoxy groups -OCH3 is 1. The Morgan fingerprint density at radius 2 is 2.04 bits per heavy atom. The molecule has 2 rings (SSSR count). The van der Waals surface area contributed by atoms with Gasteiger partial charge in [-0.2, -0.15) is 0 Å². The van der Waals surface area contributed by atoms with Crippen LogP contribution in [-0.4, -0.2) is 24.3 Å². The van der Waals surface area contributed by atoms with Crippen molar-refractivity contribution in [1.29, 1.82) is 0 Å². The molecule has 0 amide bonds. The van der Waals surface area contributed by atoms with Crippen molar-refractivity contribution in [3.63, 3.8) is 0 Å². The second-order valence-electron chi connectivity index (χ2n) is 5.54. The summed E-state index contributed by atoms with van der Waals surface area (Å²) in [4.78, 5) is 11.5. The molecule has 1 aromatic heterocycles. The first-order chi connectivity index (χ1) is 10.9. The Balaban J connectivity index is 2.44. The van der Waals surface area contributed by atoms with Gasteiger partial charge in [0.2, 0.25) is 0 Å². The van der Waals surface area contributed by atoms with E-state index in [2.05, 4.69) is 29.8 Å². The second-order valence-corrected chi connectivity index (χ2v) is 5.54. The van der Waals surface area contributed by atoms with Crippen molar-refractivity contribution in [2.45, 2.75) is 27.7 Å². The summed E-state index contributed by atoms with van der Waals surface area (Å²) in [7, 11) is 3.68. The van der Waals surface area contributed by atoms with Crippen LogP contribution in [-0.2, 0) is 16.6 Å². The maximum absolute atomic E-state index is 11.5. The molecular formula is C18H24N2O3. The quantitative estimate of drug-likeness (QED) is 0.675. The Morgan fingerprint density at radius 1 is 1.35 bits per heavy atom. The van der Waals surface area contributed by atoms with E-state index in [-0.39, 0.29) is 5.97 Å². The predicted molar refractivity (Wildman–Crippen MR) is 93.0 cm³/mol. The molecule has 1 aromatic carbocycles. The number of esters is 1. The maximum Gasteiger partial charge on any atom is 0.332 e. The number of rotatable bonds is 5. The highest BCUT2D eigenvalue weighted by molar-refractivity contribution is 5.91. The number of fused-ring (bicyclic) bond motifs is 1. The van der Waals surface area contributed by atoms with Gasteiger partial charge in [0.25, 0.3) is 0 Å². The normalized spacial score (nSPS) is 11.7. The number of benzene rings is 1. The van der Waals surface area contributed by atoms with Crippen molar-refractivity contribution in [2.75, 3.05) is 19.0 Å². The van der Waals surface area contributed by atoms with Crippen LogP contribution in [0.5, 0.6) is 5.75 Å². The lowest BCUT2D eigenvalue weighted by molar-refractivity contribution is -0.137. The smallest absolute Gasteiger partial charge is 0.332 e. The number of ether oxygens (including phenoxy) is 2. The Bertz CT molecular complexity index is 772. The summed E-state index contributed by atoms with van der Waals surface area (Å²) in [5.41, 5.74) is 5.10. The van der Waals surface area contributed by atoms with E-state index in [1.165, 1.54) is 17.3 Å². The number of aryl methyl sites for hydroxylation is 2. The van der Waals surface area contributed by atoms with E-state index in [0.717, 1.165) is 22.3 Å². The highest BCUT2D eigenvalue weighted by Gasteiger charge is 2.13. The molecule has 0 fully saturated rings.